The zero-order chi connectivity index (χ0) is 14.3. The van der Waals surface area contributed by atoms with Crippen molar-refractivity contribution in [2.75, 3.05) is 6.54 Å². The Kier molecular flexibility index (Phi) is 3.38. The van der Waals surface area contributed by atoms with Crippen molar-refractivity contribution in [3.63, 3.8) is 0 Å². The number of nitrogens with zero attached hydrogens (tertiary/aromatic N) is 3. The predicted molar refractivity (Wildman–Crippen MR) is 79.8 cm³/mol. The third-order valence-electron chi connectivity index (χ3n) is 4.24. The van der Waals surface area contributed by atoms with Crippen LogP contribution in [0.2, 0.25) is 0 Å². The van der Waals surface area contributed by atoms with Crippen molar-refractivity contribution in [2.45, 2.75) is 39.8 Å². The monoisotopic (exact) mass is 289 g/mol. The fourth-order valence-electron chi connectivity index (χ4n) is 2.62. The van der Waals surface area contributed by atoms with Crippen LogP contribution in [0.4, 0.5) is 0 Å². The quantitative estimate of drug-likeness (QED) is 0.871. The van der Waals surface area contributed by atoms with Crippen molar-refractivity contribution < 1.29 is 4.79 Å². The van der Waals surface area contributed by atoms with Crippen molar-refractivity contribution in [2.24, 2.45) is 0 Å². The minimum Gasteiger partial charge on any atom is -0.333 e. The normalized spacial score (nSPS) is 18.1. The number of hydrogen-bond acceptors (Lipinski definition) is 3. The summed E-state index contributed by atoms with van der Waals surface area (Å²) in [4.78, 5) is 15.7. The molecule has 2 aromatic rings. The molecule has 0 N–H and O–H groups in total. The van der Waals surface area contributed by atoms with Crippen LogP contribution in [0.1, 0.15) is 34.3 Å². The van der Waals surface area contributed by atoms with Crippen LogP contribution in [0.15, 0.2) is 17.5 Å². The molecular formula is C15H19N3OS. The summed E-state index contributed by atoms with van der Waals surface area (Å²) in [5.41, 5.74) is 3.27. The first-order valence-corrected chi connectivity index (χ1v) is 7.79. The molecule has 1 aliphatic rings. The second-order valence-corrected chi connectivity index (χ2v) is 6.34. The number of carbonyl (C=O) groups is 1. The molecule has 106 valence electrons. The maximum absolute atomic E-state index is 12.4. The van der Waals surface area contributed by atoms with E-state index in [4.69, 9.17) is 0 Å². The number of likely N-dealkylation sites (tertiary alicyclic amines) is 1. The minimum atomic E-state index is 0.167. The van der Waals surface area contributed by atoms with Gasteiger partial charge in [-0.2, -0.15) is 5.10 Å². The molecule has 1 saturated heterocycles. The molecule has 1 amide bonds. The largest absolute Gasteiger partial charge is 0.333 e. The Hall–Kier alpha value is -1.62. The van der Waals surface area contributed by atoms with Crippen LogP contribution in [-0.4, -0.2) is 27.1 Å². The lowest BCUT2D eigenvalue weighted by molar-refractivity contribution is -0.139. The van der Waals surface area contributed by atoms with Gasteiger partial charge in [0.1, 0.15) is 6.54 Å². The number of amides is 1. The summed E-state index contributed by atoms with van der Waals surface area (Å²) in [7, 11) is 0. The van der Waals surface area contributed by atoms with Crippen molar-refractivity contribution in [1.82, 2.24) is 14.7 Å². The van der Waals surface area contributed by atoms with E-state index in [-0.39, 0.29) is 11.9 Å². The number of aromatic nitrogens is 2. The number of carbonyl (C=O) groups excluding carboxylic acids is 1. The van der Waals surface area contributed by atoms with Gasteiger partial charge in [-0.1, -0.05) is 6.07 Å². The average molecular weight is 289 g/mol. The number of thiophene rings is 1. The summed E-state index contributed by atoms with van der Waals surface area (Å²) in [5.74, 6) is 0.167. The highest BCUT2D eigenvalue weighted by atomic mass is 32.1. The molecule has 3 rings (SSSR count). The molecule has 20 heavy (non-hydrogen) atoms. The molecule has 4 nitrogen and oxygen atoms in total. The molecule has 2 aromatic heterocycles. The van der Waals surface area contributed by atoms with Gasteiger partial charge in [-0.25, -0.2) is 0 Å². The molecule has 0 aliphatic carbocycles. The maximum Gasteiger partial charge on any atom is 0.244 e. The average Bonchev–Trinajstić information content (AvgIpc) is 2.94. The zero-order valence-electron chi connectivity index (χ0n) is 12.1. The maximum atomic E-state index is 12.4. The Labute approximate surface area is 123 Å². The van der Waals surface area contributed by atoms with Crippen LogP contribution in [0.5, 0.6) is 0 Å². The van der Waals surface area contributed by atoms with Crippen LogP contribution in [0.3, 0.4) is 0 Å². The van der Waals surface area contributed by atoms with Crippen molar-refractivity contribution >= 4 is 17.2 Å². The van der Waals surface area contributed by atoms with Crippen molar-refractivity contribution in [3.8, 4) is 0 Å². The standard InChI is InChI=1S/C15H19N3OS/c1-10-11(2)16-18(12(10)3)9-15(19)17-7-6-13(17)14-5-4-8-20-14/h4-5,8,13H,6-7,9H2,1-3H3/t13-/m1/s1. The van der Waals surface area contributed by atoms with Crippen LogP contribution in [0.25, 0.3) is 0 Å². The van der Waals surface area contributed by atoms with Gasteiger partial charge >= 0.3 is 0 Å². The number of aryl methyl sites for hydroxylation is 1. The first kappa shape index (κ1) is 13.4. The highest BCUT2D eigenvalue weighted by Crippen LogP contribution is 2.35. The van der Waals surface area contributed by atoms with Gasteiger partial charge in [0, 0.05) is 17.1 Å². The van der Waals surface area contributed by atoms with E-state index in [1.807, 2.05) is 29.5 Å². The zero-order valence-corrected chi connectivity index (χ0v) is 12.9. The Balaban J connectivity index is 1.72. The van der Waals surface area contributed by atoms with Gasteiger partial charge < -0.3 is 4.90 Å². The third-order valence-corrected chi connectivity index (χ3v) is 5.21. The molecule has 0 radical (unpaired) electrons. The van der Waals surface area contributed by atoms with Crippen LogP contribution in [0, 0.1) is 20.8 Å². The number of rotatable bonds is 3. The van der Waals surface area contributed by atoms with Gasteiger partial charge in [0.2, 0.25) is 5.91 Å². The van der Waals surface area contributed by atoms with E-state index in [9.17, 15) is 4.79 Å². The summed E-state index contributed by atoms with van der Waals surface area (Å²) in [5, 5.41) is 6.52. The molecule has 0 bridgehead atoms. The van der Waals surface area contributed by atoms with Crippen molar-refractivity contribution in [3.05, 3.63) is 39.3 Å². The van der Waals surface area contributed by atoms with Crippen LogP contribution < -0.4 is 0 Å². The molecule has 1 aliphatic heterocycles. The highest BCUT2D eigenvalue weighted by Gasteiger charge is 2.34. The molecule has 0 saturated carbocycles. The second-order valence-electron chi connectivity index (χ2n) is 5.36. The van der Waals surface area contributed by atoms with E-state index in [1.54, 1.807) is 11.3 Å². The lowest BCUT2D eigenvalue weighted by atomic mass is 10.0. The molecule has 0 aromatic carbocycles. The van der Waals surface area contributed by atoms with Gasteiger partial charge in [0.25, 0.3) is 0 Å². The summed E-state index contributed by atoms with van der Waals surface area (Å²) in [6, 6.07) is 4.44. The lowest BCUT2D eigenvalue weighted by Gasteiger charge is -2.40. The summed E-state index contributed by atoms with van der Waals surface area (Å²) >= 11 is 1.73. The van der Waals surface area contributed by atoms with E-state index in [1.165, 1.54) is 10.4 Å². The van der Waals surface area contributed by atoms with E-state index in [2.05, 4.69) is 23.5 Å². The molecule has 3 heterocycles. The number of hydrogen-bond donors (Lipinski definition) is 0. The summed E-state index contributed by atoms with van der Waals surface area (Å²) in [6.45, 7) is 7.27. The summed E-state index contributed by atoms with van der Waals surface area (Å²) in [6.07, 6.45) is 1.07. The van der Waals surface area contributed by atoms with Crippen molar-refractivity contribution in [1.29, 1.82) is 0 Å². The molecule has 0 spiro atoms. The second kappa shape index (κ2) is 5.05. The Morgan fingerprint density at radius 1 is 1.45 bits per heavy atom. The Bertz CT molecular complexity index is 630. The van der Waals surface area contributed by atoms with Gasteiger partial charge in [-0.15, -0.1) is 11.3 Å². The lowest BCUT2D eigenvalue weighted by Crippen LogP contribution is -2.46. The Morgan fingerprint density at radius 3 is 2.75 bits per heavy atom. The SMILES string of the molecule is Cc1nn(CC(=O)N2CC[C@@H]2c2cccs2)c(C)c1C. The molecule has 1 fully saturated rings. The van der Waals surface area contributed by atoms with Crippen LogP contribution in [-0.2, 0) is 11.3 Å². The fraction of sp³-hybridized carbons (Fsp3) is 0.467. The first-order valence-electron chi connectivity index (χ1n) is 6.91. The smallest absolute Gasteiger partial charge is 0.244 e. The minimum absolute atomic E-state index is 0.167. The molecule has 5 heteroatoms. The topological polar surface area (TPSA) is 38.1 Å². The highest BCUT2D eigenvalue weighted by molar-refractivity contribution is 7.10. The van der Waals surface area contributed by atoms with Crippen LogP contribution >= 0.6 is 11.3 Å². The van der Waals surface area contributed by atoms with E-state index in [0.29, 0.717) is 6.54 Å². The Morgan fingerprint density at radius 2 is 2.25 bits per heavy atom. The first-order chi connectivity index (χ1) is 9.58. The van der Waals surface area contributed by atoms with Gasteiger partial charge in [0.15, 0.2) is 0 Å². The fourth-order valence-corrected chi connectivity index (χ4v) is 3.50. The van der Waals surface area contributed by atoms with E-state index < -0.39 is 0 Å². The van der Waals surface area contributed by atoms with Gasteiger partial charge in [-0.05, 0) is 44.2 Å². The predicted octanol–water partition coefficient (Wildman–Crippen LogP) is 2.84. The van der Waals surface area contributed by atoms with Gasteiger partial charge in [-0.3, -0.25) is 9.48 Å². The van der Waals surface area contributed by atoms with E-state index in [0.717, 1.165) is 24.4 Å². The third kappa shape index (κ3) is 2.16. The van der Waals surface area contributed by atoms with E-state index >= 15 is 0 Å². The molecule has 1 atom stereocenters. The summed E-state index contributed by atoms with van der Waals surface area (Å²) < 4.78 is 1.83. The van der Waals surface area contributed by atoms with Gasteiger partial charge in [0.05, 0.1) is 11.7 Å². The molecular weight excluding hydrogens is 270 g/mol. The molecule has 0 unspecified atom stereocenters.